The summed E-state index contributed by atoms with van der Waals surface area (Å²) < 4.78 is 7.14. The normalized spacial score (nSPS) is 10.5. The van der Waals surface area contributed by atoms with Crippen molar-refractivity contribution < 1.29 is 4.74 Å². The van der Waals surface area contributed by atoms with Crippen LogP contribution in [0.2, 0.25) is 0 Å². The molecule has 0 aliphatic rings. The van der Waals surface area contributed by atoms with E-state index in [1.807, 2.05) is 55.5 Å². The van der Waals surface area contributed by atoms with Crippen molar-refractivity contribution >= 4 is 5.69 Å². The van der Waals surface area contributed by atoms with E-state index in [4.69, 9.17) is 4.74 Å². The van der Waals surface area contributed by atoms with Gasteiger partial charge in [0.05, 0.1) is 13.7 Å². The van der Waals surface area contributed by atoms with Gasteiger partial charge in [0.25, 0.3) is 5.56 Å². The summed E-state index contributed by atoms with van der Waals surface area (Å²) >= 11 is 0. The van der Waals surface area contributed by atoms with Crippen molar-refractivity contribution in [2.45, 2.75) is 20.0 Å². The van der Waals surface area contributed by atoms with Crippen molar-refractivity contribution in [2.75, 3.05) is 12.4 Å². The van der Waals surface area contributed by atoms with Crippen LogP contribution in [-0.2, 0) is 13.1 Å². The second-order valence-electron chi connectivity index (χ2n) is 5.96. The van der Waals surface area contributed by atoms with Gasteiger partial charge in [0.15, 0.2) is 0 Å². The lowest BCUT2D eigenvalue weighted by Gasteiger charge is -2.14. The quantitative estimate of drug-likeness (QED) is 0.745. The summed E-state index contributed by atoms with van der Waals surface area (Å²) in [6.07, 6.45) is 0. The van der Waals surface area contributed by atoms with Crippen molar-refractivity contribution in [2.24, 2.45) is 0 Å². The van der Waals surface area contributed by atoms with Gasteiger partial charge >= 0.3 is 0 Å². The topological polar surface area (TPSA) is 43.3 Å². The summed E-state index contributed by atoms with van der Waals surface area (Å²) in [5.41, 5.74) is 3.89. The van der Waals surface area contributed by atoms with Gasteiger partial charge in [-0.1, -0.05) is 48.5 Å². The summed E-state index contributed by atoms with van der Waals surface area (Å²) in [4.78, 5) is 12.6. The molecule has 0 atom stereocenters. The third-order valence-corrected chi connectivity index (χ3v) is 4.20. The summed E-state index contributed by atoms with van der Waals surface area (Å²) in [5, 5.41) is 3.32. The van der Waals surface area contributed by atoms with E-state index in [9.17, 15) is 4.79 Å². The minimum absolute atomic E-state index is 0.0264. The Morgan fingerprint density at radius 2 is 1.72 bits per heavy atom. The van der Waals surface area contributed by atoms with E-state index < -0.39 is 0 Å². The molecule has 3 rings (SSSR count). The fraction of sp³-hybridized carbons (Fsp3) is 0.190. The summed E-state index contributed by atoms with van der Waals surface area (Å²) in [5.74, 6) is 0.792. The van der Waals surface area contributed by atoms with Gasteiger partial charge in [-0.05, 0) is 24.6 Å². The van der Waals surface area contributed by atoms with Gasteiger partial charge in [-0.3, -0.25) is 4.79 Å². The van der Waals surface area contributed by atoms with Crippen molar-refractivity contribution in [3.63, 3.8) is 0 Å². The Labute approximate surface area is 147 Å². The first-order valence-corrected chi connectivity index (χ1v) is 8.28. The van der Waals surface area contributed by atoms with Crippen LogP contribution >= 0.6 is 0 Å². The average molecular weight is 334 g/mol. The first-order valence-electron chi connectivity index (χ1n) is 8.28. The van der Waals surface area contributed by atoms with Crippen molar-refractivity contribution in [1.29, 1.82) is 0 Å². The number of aryl methyl sites for hydroxylation is 1. The van der Waals surface area contributed by atoms with Crippen LogP contribution in [-0.4, -0.2) is 11.7 Å². The Morgan fingerprint density at radius 3 is 2.44 bits per heavy atom. The lowest BCUT2D eigenvalue weighted by Crippen LogP contribution is -2.23. The molecular weight excluding hydrogens is 312 g/mol. The van der Waals surface area contributed by atoms with Crippen LogP contribution in [0.1, 0.15) is 16.8 Å². The fourth-order valence-corrected chi connectivity index (χ4v) is 2.84. The first kappa shape index (κ1) is 16.8. The molecule has 0 spiro atoms. The highest BCUT2D eigenvalue weighted by atomic mass is 16.5. The van der Waals surface area contributed by atoms with Crippen molar-refractivity contribution in [3.05, 3.63) is 93.9 Å². The maximum atomic E-state index is 12.6. The molecule has 0 aliphatic carbocycles. The standard InChI is InChI=1S/C21H22N2O2/c1-16-12-19(22-14-17-8-4-3-5-9-17)13-21(24)23(16)15-18-10-6-7-11-20(18)25-2/h3-13,22H,14-15H2,1-2H3. The number of methoxy groups -OCH3 is 1. The Bertz CT molecular complexity index is 901. The molecule has 0 amide bonds. The van der Waals surface area contributed by atoms with Gasteiger partial charge < -0.3 is 14.6 Å². The molecule has 3 aromatic rings. The molecule has 0 radical (unpaired) electrons. The first-order chi connectivity index (χ1) is 12.2. The van der Waals surface area contributed by atoms with Gasteiger partial charge in [0.2, 0.25) is 0 Å². The summed E-state index contributed by atoms with van der Waals surface area (Å²) in [7, 11) is 1.64. The van der Waals surface area contributed by atoms with E-state index in [-0.39, 0.29) is 5.56 Å². The van der Waals surface area contributed by atoms with Crippen LogP contribution in [0.3, 0.4) is 0 Å². The highest BCUT2D eigenvalue weighted by Gasteiger charge is 2.08. The zero-order chi connectivity index (χ0) is 17.6. The smallest absolute Gasteiger partial charge is 0.253 e. The lowest BCUT2D eigenvalue weighted by molar-refractivity contribution is 0.408. The number of nitrogens with zero attached hydrogens (tertiary/aromatic N) is 1. The monoisotopic (exact) mass is 334 g/mol. The van der Waals surface area contributed by atoms with E-state index >= 15 is 0 Å². The number of benzene rings is 2. The molecule has 2 aromatic carbocycles. The molecule has 4 heteroatoms. The predicted octanol–water partition coefficient (Wildman–Crippen LogP) is 3.83. The lowest BCUT2D eigenvalue weighted by atomic mass is 10.2. The van der Waals surface area contributed by atoms with Gasteiger partial charge in [-0.25, -0.2) is 0 Å². The molecule has 1 aromatic heterocycles. The molecule has 0 saturated heterocycles. The van der Waals surface area contributed by atoms with Crippen LogP contribution in [0.25, 0.3) is 0 Å². The predicted molar refractivity (Wildman–Crippen MR) is 101 cm³/mol. The fourth-order valence-electron chi connectivity index (χ4n) is 2.84. The second-order valence-corrected chi connectivity index (χ2v) is 5.96. The second kappa shape index (κ2) is 7.71. The third-order valence-electron chi connectivity index (χ3n) is 4.20. The van der Waals surface area contributed by atoms with Crippen molar-refractivity contribution in [1.82, 2.24) is 4.57 Å². The molecule has 128 valence electrons. The highest BCUT2D eigenvalue weighted by molar-refractivity contribution is 5.44. The Hall–Kier alpha value is -3.01. The van der Waals surface area contributed by atoms with Gasteiger partial charge in [-0.15, -0.1) is 0 Å². The average Bonchev–Trinajstić information content (AvgIpc) is 2.64. The Kier molecular flexibility index (Phi) is 5.19. The van der Waals surface area contributed by atoms with E-state index in [2.05, 4.69) is 17.4 Å². The molecule has 0 unspecified atom stereocenters. The Morgan fingerprint density at radius 1 is 1.00 bits per heavy atom. The SMILES string of the molecule is COc1ccccc1Cn1c(C)cc(NCc2ccccc2)cc1=O. The van der Waals surface area contributed by atoms with E-state index in [1.54, 1.807) is 17.7 Å². The number of rotatable bonds is 6. The van der Waals surface area contributed by atoms with Crippen LogP contribution in [0, 0.1) is 6.92 Å². The zero-order valence-electron chi connectivity index (χ0n) is 14.5. The van der Waals surface area contributed by atoms with Crippen LogP contribution in [0.4, 0.5) is 5.69 Å². The number of aromatic nitrogens is 1. The molecule has 4 nitrogen and oxygen atoms in total. The van der Waals surface area contributed by atoms with Crippen LogP contribution in [0.5, 0.6) is 5.75 Å². The van der Waals surface area contributed by atoms with E-state index in [1.165, 1.54) is 5.56 Å². The van der Waals surface area contributed by atoms with Crippen molar-refractivity contribution in [3.8, 4) is 5.75 Å². The minimum Gasteiger partial charge on any atom is -0.496 e. The minimum atomic E-state index is -0.0264. The zero-order valence-corrected chi connectivity index (χ0v) is 14.5. The highest BCUT2D eigenvalue weighted by Crippen LogP contribution is 2.19. The molecular formula is C21H22N2O2. The molecule has 1 heterocycles. The van der Waals surface area contributed by atoms with E-state index in [0.29, 0.717) is 13.1 Å². The maximum absolute atomic E-state index is 12.6. The van der Waals surface area contributed by atoms with Gasteiger partial charge in [0.1, 0.15) is 5.75 Å². The van der Waals surface area contributed by atoms with Gasteiger partial charge in [0, 0.05) is 29.6 Å². The van der Waals surface area contributed by atoms with Gasteiger partial charge in [-0.2, -0.15) is 0 Å². The third kappa shape index (κ3) is 4.10. The number of ether oxygens (including phenoxy) is 1. The summed E-state index contributed by atoms with van der Waals surface area (Å²) in [6, 6.07) is 21.5. The maximum Gasteiger partial charge on any atom is 0.253 e. The number of anilines is 1. The Balaban J connectivity index is 1.79. The molecule has 25 heavy (non-hydrogen) atoms. The number of hydrogen-bond acceptors (Lipinski definition) is 3. The largest absolute Gasteiger partial charge is 0.496 e. The molecule has 1 N–H and O–H groups in total. The molecule has 0 aliphatic heterocycles. The number of nitrogens with one attached hydrogen (secondary N) is 1. The number of pyridine rings is 1. The molecule has 0 saturated carbocycles. The van der Waals surface area contributed by atoms with Crippen LogP contribution < -0.4 is 15.6 Å². The summed E-state index contributed by atoms with van der Waals surface area (Å²) in [6.45, 7) is 3.13. The number of hydrogen-bond donors (Lipinski definition) is 1. The molecule has 0 fully saturated rings. The van der Waals surface area contributed by atoms with Crippen LogP contribution in [0.15, 0.2) is 71.5 Å². The van der Waals surface area contributed by atoms with E-state index in [0.717, 1.165) is 22.7 Å². The number of para-hydroxylation sites is 1. The molecule has 0 bridgehead atoms.